The molecule has 1 aromatic heterocycles. The van der Waals surface area contributed by atoms with Crippen molar-refractivity contribution >= 4 is 11.8 Å². The average Bonchev–Trinajstić information content (AvgIpc) is 2.70. The molecular weight excluding hydrogens is 369 g/mol. The average molecular weight is 387 g/mol. The molecule has 1 saturated heterocycles. The number of fused-ring (bicyclic) bond motifs is 2. The summed E-state index contributed by atoms with van der Waals surface area (Å²) in [5.41, 5.74) is -0.673. The first kappa shape index (κ1) is 18.2. The third kappa shape index (κ3) is 3.13. The zero-order valence-electron chi connectivity index (χ0n) is 14.9. The number of aromatic hydroxyl groups is 1. The Morgan fingerprint density at radius 1 is 1.29 bits per heavy atom. The van der Waals surface area contributed by atoms with Gasteiger partial charge in [-0.25, -0.2) is 4.39 Å². The number of nitrogens with one attached hydrogen (secondary N) is 1. The molecule has 1 unspecified atom stereocenters. The van der Waals surface area contributed by atoms with Crippen molar-refractivity contribution in [3.63, 3.8) is 0 Å². The Labute approximate surface area is 159 Å². The first-order valence-corrected chi connectivity index (χ1v) is 8.87. The lowest BCUT2D eigenvalue weighted by Crippen LogP contribution is -2.53. The summed E-state index contributed by atoms with van der Waals surface area (Å²) in [4.78, 5) is 39.1. The number of carbonyl (C=O) groups excluding carboxylic acids is 2. The van der Waals surface area contributed by atoms with Gasteiger partial charge in [0.15, 0.2) is 17.7 Å². The van der Waals surface area contributed by atoms with Gasteiger partial charge < -0.3 is 24.6 Å². The van der Waals surface area contributed by atoms with Crippen molar-refractivity contribution in [3.8, 4) is 5.75 Å². The molecule has 146 valence electrons. The topological polar surface area (TPSA) is 101 Å². The van der Waals surface area contributed by atoms with Crippen LogP contribution in [0.2, 0.25) is 0 Å². The van der Waals surface area contributed by atoms with Crippen LogP contribution in [0.4, 0.5) is 4.39 Å². The number of rotatable bonds is 3. The van der Waals surface area contributed by atoms with Crippen molar-refractivity contribution in [2.24, 2.45) is 0 Å². The molecule has 2 N–H and O–H groups in total. The van der Waals surface area contributed by atoms with E-state index in [0.29, 0.717) is 25.1 Å². The number of hydrogen-bond acceptors (Lipinski definition) is 5. The molecule has 0 bridgehead atoms. The Morgan fingerprint density at radius 3 is 2.79 bits per heavy atom. The van der Waals surface area contributed by atoms with Gasteiger partial charge in [-0.15, -0.1) is 0 Å². The fourth-order valence-electron chi connectivity index (χ4n) is 3.44. The summed E-state index contributed by atoms with van der Waals surface area (Å²) in [6.07, 6.45) is 1.45. The van der Waals surface area contributed by atoms with E-state index >= 15 is 0 Å². The molecule has 2 amide bonds. The number of benzene rings is 1. The van der Waals surface area contributed by atoms with E-state index in [1.54, 1.807) is 0 Å². The van der Waals surface area contributed by atoms with E-state index in [-0.39, 0.29) is 24.3 Å². The number of amides is 2. The van der Waals surface area contributed by atoms with E-state index < -0.39 is 35.0 Å². The van der Waals surface area contributed by atoms with Crippen LogP contribution in [0.25, 0.3) is 0 Å². The molecule has 28 heavy (non-hydrogen) atoms. The summed E-state index contributed by atoms with van der Waals surface area (Å²) in [6.45, 7) is 1.30. The van der Waals surface area contributed by atoms with Gasteiger partial charge in [0.25, 0.3) is 11.8 Å². The lowest BCUT2D eigenvalue weighted by atomic mass is 10.1. The molecule has 1 atom stereocenters. The molecule has 0 saturated carbocycles. The van der Waals surface area contributed by atoms with E-state index in [9.17, 15) is 23.9 Å². The second kappa shape index (κ2) is 7.08. The Balaban J connectivity index is 1.61. The van der Waals surface area contributed by atoms with Crippen LogP contribution >= 0.6 is 0 Å². The number of carbonyl (C=O) groups is 2. The van der Waals surface area contributed by atoms with Gasteiger partial charge >= 0.3 is 0 Å². The highest BCUT2D eigenvalue weighted by atomic mass is 19.1. The van der Waals surface area contributed by atoms with Crippen molar-refractivity contribution in [1.82, 2.24) is 14.8 Å². The summed E-state index contributed by atoms with van der Waals surface area (Å²) in [5.74, 6) is -2.33. The highest BCUT2D eigenvalue weighted by Crippen LogP contribution is 2.26. The quantitative estimate of drug-likeness (QED) is 0.812. The van der Waals surface area contributed by atoms with Gasteiger partial charge in [-0.1, -0.05) is 12.1 Å². The van der Waals surface area contributed by atoms with Crippen LogP contribution in [-0.4, -0.2) is 45.8 Å². The van der Waals surface area contributed by atoms with Crippen LogP contribution in [0.1, 0.15) is 32.8 Å². The summed E-state index contributed by atoms with van der Waals surface area (Å²) < 4.78 is 19.9. The monoisotopic (exact) mass is 387 g/mol. The predicted octanol–water partition coefficient (Wildman–Crippen LogP) is 0.825. The van der Waals surface area contributed by atoms with Gasteiger partial charge in [-0.3, -0.25) is 14.4 Å². The first-order chi connectivity index (χ1) is 13.5. The number of pyridine rings is 1. The summed E-state index contributed by atoms with van der Waals surface area (Å²) in [6, 6.07) is 5.56. The second-order valence-electron chi connectivity index (χ2n) is 6.71. The Morgan fingerprint density at radius 2 is 2.04 bits per heavy atom. The molecule has 2 aromatic rings. The number of ether oxygens (including phenoxy) is 1. The number of nitrogens with zero attached hydrogens (tertiary/aromatic N) is 2. The predicted molar refractivity (Wildman–Crippen MR) is 95.3 cm³/mol. The van der Waals surface area contributed by atoms with E-state index in [1.165, 1.54) is 39.9 Å². The van der Waals surface area contributed by atoms with Crippen molar-refractivity contribution in [2.45, 2.75) is 25.7 Å². The number of halogens is 1. The fraction of sp³-hybridized carbons (Fsp3) is 0.316. The number of hydrogen-bond donors (Lipinski definition) is 2. The van der Waals surface area contributed by atoms with Crippen LogP contribution in [-0.2, 0) is 17.8 Å². The van der Waals surface area contributed by atoms with E-state index in [2.05, 4.69) is 5.32 Å². The van der Waals surface area contributed by atoms with Gasteiger partial charge in [0.05, 0.1) is 13.2 Å². The zero-order valence-corrected chi connectivity index (χ0v) is 14.9. The molecule has 3 heterocycles. The Hall–Kier alpha value is -3.20. The van der Waals surface area contributed by atoms with Crippen LogP contribution in [0.3, 0.4) is 0 Å². The summed E-state index contributed by atoms with van der Waals surface area (Å²) >= 11 is 0. The van der Waals surface area contributed by atoms with E-state index in [0.717, 1.165) is 0 Å². The molecule has 2 aliphatic heterocycles. The minimum Gasteiger partial charge on any atom is -0.503 e. The van der Waals surface area contributed by atoms with Gasteiger partial charge in [0, 0.05) is 19.3 Å². The molecule has 2 aliphatic rings. The Kier molecular flexibility index (Phi) is 4.60. The lowest BCUT2D eigenvalue weighted by molar-refractivity contribution is -0.0920. The standard InChI is InChI=1S/C19H18FN3O5/c20-12-4-2-11(3-5-12)8-21-18(26)13-9-22-10-14-23(6-1-7-28-14)19(27)15(22)17(25)16(13)24/h2-5,9,14,25H,1,6-8,10H2,(H,21,26). The van der Waals surface area contributed by atoms with Crippen LogP contribution < -0.4 is 10.7 Å². The molecule has 9 heteroatoms. The van der Waals surface area contributed by atoms with E-state index in [1.807, 2.05) is 0 Å². The van der Waals surface area contributed by atoms with Gasteiger partial charge in [0.2, 0.25) is 5.43 Å². The highest BCUT2D eigenvalue weighted by molar-refractivity contribution is 5.99. The second-order valence-corrected chi connectivity index (χ2v) is 6.71. The molecule has 0 radical (unpaired) electrons. The van der Waals surface area contributed by atoms with Crippen molar-refractivity contribution < 1.29 is 23.8 Å². The van der Waals surface area contributed by atoms with Crippen molar-refractivity contribution in [3.05, 3.63) is 63.3 Å². The molecule has 0 spiro atoms. The first-order valence-electron chi connectivity index (χ1n) is 8.87. The summed E-state index contributed by atoms with van der Waals surface area (Å²) in [7, 11) is 0. The highest BCUT2D eigenvalue weighted by Gasteiger charge is 2.38. The Bertz CT molecular complexity index is 1000. The molecule has 1 fully saturated rings. The van der Waals surface area contributed by atoms with Crippen molar-refractivity contribution in [1.29, 1.82) is 0 Å². The van der Waals surface area contributed by atoms with Crippen LogP contribution in [0.15, 0.2) is 35.3 Å². The molecule has 4 rings (SSSR count). The molecule has 0 aliphatic carbocycles. The maximum Gasteiger partial charge on any atom is 0.276 e. The summed E-state index contributed by atoms with van der Waals surface area (Å²) in [5, 5.41) is 12.9. The largest absolute Gasteiger partial charge is 0.503 e. The minimum absolute atomic E-state index is 0.0828. The molecule has 8 nitrogen and oxygen atoms in total. The zero-order chi connectivity index (χ0) is 19.8. The maximum atomic E-state index is 13.0. The molecular formula is C19H18FN3O5. The maximum absolute atomic E-state index is 13.0. The number of aromatic nitrogens is 1. The van der Waals surface area contributed by atoms with Gasteiger partial charge in [0.1, 0.15) is 11.4 Å². The SMILES string of the molecule is O=C(NCc1ccc(F)cc1)c1cn2c(c(O)c1=O)C(=O)N1CCCOC1C2. The van der Waals surface area contributed by atoms with Crippen molar-refractivity contribution in [2.75, 3.05) is 13.2 Å². The van der Waals surface area contributed by atoms with Gasteiger partial charge in [-0.2, -0.15) is 0 Å². The minimum atomic E-state index is -0.910. The van der Waals surface area contributed by atoms with Crippen LogP contribution in [0, 0.1) is 5.82 Å². The normalized spacial score (nSPS) is 18.4. The lowest BCUT2D eigenvalue weighted by Gasteiger charge is -2.40. The van der Waals surface area contributed by atoms with E-state index in [4.69, 9.17) is 4.74 Å². The third-order valence-corrected chi connectivity index (χ3v) is 4.88. The smallest absolute Gasteiger partial charge is 0.276 e. The van der Waals surface area contributed by atoms with Gasteiger partial charge in [-0.05, 0) is 24.1 Å². The fourth-order valence-corrected chi connectivity index (χ4v) is 3.44. The third-order valence-electron chi connectivity index (χ3n) is 4.88. The molecule has 1 aromatic carbocycles. The van der Waals surface area contributed by atoms with Crippen LogP contribution in [0.5, 0.6) is 5.75 Å².